The van der Waals surface area contributed by atoms with Crippen LogP contribution in [0.5, 0.6) is 11.5 Å². The summed E-state index contributed by atoms with van der Waals surface area (Å²) in [5.41, 5.74) is 10.0. The number of nitrogens with one attached hydrogen (secondary N) is 1. The van der Waals surface area contributed by atoms with Crippen LogP contribution in [0.4, 0.5) is 0 Å². The van der Waals surface area contributed by atoms with Gasteiger partial charge in [0.1, 0.15) is 17.6 Å². The second-order valence-electron chi connectivity index (χ2n) is 6.83. The molecule has 0 saturated heterocycles. The Balaban J connectivity index is 1.86. The molecule has 166 valence electrons. The fourth-order valence-electron chi connectivity index (χ4n) is 2.91. The summed E-state index contributed by atoms with van der Waals surface area (Å²) in [6, 6.07) is 11.3. The second-order valence-corrected chi connectivity index (χ2v) is 8.07. The lowest BCUT2D eigenvalue weighted by Crippen LogP contribution is -2.32. The standard InChI is InChI=1S/C22H21N3O6S/c1-3-10-29-22(27)21(24-23)18(26)12-17(15-6-9-19-20(11-15)31-13-30-19)25-32(28)16-7-4-14(2)5-8-16/h3-9,11,17,25H,1,10,12-13H2,2H3/t17-,32+/m1/s1. The third-order valence-corrected chi connectivity index (χ3v) is 5.76. The molecule has 2 atom stereocenters. The summed E-state index contributed by atoms with van der Waals surface area (Å²) in [6.45, 7) is 5.25. The SMILES string of the molecule is C=CCOC(=O)C(=[N+]=[N-])C(=O)C[C@@H](N[S@@](=O)c1ccc(C)cc1)c1ccc2c(c1)OCO2. The summed E-state index contributed by atoms with van der Waals surface area (Å²) in [7, 11) is -1.67. The molecule has 0 amide bonds. The van der Waals surface area contributed by atoms with Gasteiger partial charge in [-0.2, -0.15) is 4.79 Å². The number of ketones is 1. The van der Waals surface area contributed by atoms with Gasteiger partial charge in [-0.15, -0.1) is 0 Å². The van der Waals surface area contributed by atoms with E-state index in [4.69, 9.17) is 14.2 Å². The van der Waals surface area contributed by atoms with E-state index in [2.05, 4.69) is 16.1 Å². The molecule has 3 rings (SSSR count). The molecule has 0 unspecified atom stereocenters. The molecule has 0 radical (unpaired) electrons. The van der Waals surface area contributed by atoms with Crippen molar-refractivity contribution in [1.82, 2.24) is 4.72 Å². The number of nitrogens with zero attached hydrogens (tertiary/aromatic N) is 2. The Morgan fingerprint density at radius 2 is 1.97 bits per heavy atom. The van der Waals surface area contributed by atoms with Gasteiger partial charge in [0, 0.05) is 6.42 Å². The highest BCUT2D eigenvalue weighted by molar-refractivity contribution is 7.83. The number of fused-ring (bicyclic) bond motifs is 1. The van der Waals surface area contributed by atoms with Gasteiger partial charge < -0.3 is 19.7 Å². The predicted octanol–water partition coefficient (Wildman–Crippen LogP) is 2.44. The summed E-state index contributed by atoms with van der Waals surface area (Å²) >= 11 is 0. The van der Waals surface area contributed by atoms with Crippen LogP contribution < -0.4 is 14.2 Å². The van der Waals surface area contributed by atoms with Crippen molar-refractivity contribution < 1.29 is 32.8 Å². The molecule has 1 N–H and O–H groups in total. The van der Waals surface area contributed by atoms with E-state index >= 15 is 0 Å². The Kier molecular flexibility index (Phi) is 7.67. The highest BCUT2D eigenvalue weighted by atomic mass is 32.2. The molecule has 2 aromatic rings. The first kappa shape index (κ1) is 23.1. The third kappa shape index (κ3) is 5.55. The lowest BCUT2D eigenvalue weighted by atomic mass is 10.00. The van der Waals surface area contributed by atoms with E-state index in [0.717, 1.165) is 5.56 Å². The minimum Gasteiger partial charge on any atom is -0.454 e. The molecule has 0 fully saturated rings. The van der Waals surface area contributed by atoms with Gasteiger partial charge in [-0.05, 0) is 36.8 Å². The van der Waals surface area contributed by atoms with Crippen molar-refractivity contribution in [3.63, 3.8) is 0 Å². The monoisotopic (exact) mass is 455 g/mol. The van der Waals surface area contributed by atoms with E-state index in [1.165, 1.54) is 6.08 Å². The normalized spacial score (nSPS) is 13.5. The Morgan fingerprint density at radius 3 is 2.66 bits per heavy atom. The summed E-state index contributed by atoms with van der Waals surface area (Å²) in [6.07, 6.45) is 0.985. The first-order valence-electron chi connectivity index (χ1n) is 9.60. The Morgan fingerprint density at radius 1 is 1.25 bits per heavy atom. The molecular weight excluding hydrogens is 434 g/mol. The van der Waals surface area contributed by atoms with Crippen LogP contribution in [-0.2, 0) is 25.3 Å². The molecular formula is C22H21N3O6S. The van der Waals surface area contributed by atoms with E-state index in [-0.39, 0.29) is 19.8 Å². The van der Waals surface area contributed by atoms with Crippen LogP contribution in [0.15, 0.2) is 60.0 Å². The fraction of sp³-hybridized carbons (Fsp3) is 0.227. The van der Waals surface area contributed by atoms with Crippen molar-refractivity contribution in [2.24, 2.45) is 0 Å². The topological polar surface area (TPSA) is 127 Å². The molecule has 1 aliphatic rings. The number of ether oxygens (including phenoxy) is 3. The van der Waals surface area contributed by atoms with E-state index < -0.39 is 34.5 Å². The molecule has 0 spiro atoms. The lowest BCUT2D eigenvalue weighted by Gasteiger charge is -2.18. The van der Waals surface area contributed by atoms with E-state index in [1.54, 1.807) is 30.3 Å². The molecule has 0 bridgehead atoms. The summed E-state index contributed by atoms with van der Waals surface area (Å²) in [5.74, 6) is -0.854. The molecule has 9 nitrogen and oxygen atoms in total. The number of aryl methyl sites for hydroxylation is 1. The molecule has 1 aliphatic heterocycles. The van der Waals surface area contributed by atoms with Gasteiger partial charge in [-0.1, -0.05) is 36.4 Å². The first-order chi connectivity index (χ1) is 15.4. The largest absolute Gasteiger partial charge is 0.454 e. The lowest BCUT2D eigenvalue weighted by molar-refractivity contribution is -0.141. The number of benzene rings is 2. The zero-order chi connectivity index (χ0) is 23.1. The number of hydrogen-bond acceptors (Lipinski definition) is 6. The van der Waals surface area contributed by atoms with Crippen molar-refractivity contribution >= 4 is 28.4 Å². The van der Waals surface area contributed by atoms with E-state index in [1.807, 2.05) is 19.1 Å². The quantitative estimate of drug-likeness (QED) is 0.146. The van der Waals surface area contributed by atoms with Gasteiger partial charge in [-0.25, -0.2) is 13.7 Å². The zero-order valence-electron chi connectivity index (χ0n) is 17.3. The smallest absolute Gasteiger partial charge is 0.441 e. The predicted molar refractivity (Wildman–Crippen MR) is 115 cm³/mol. The average Bonchev–Trinajstić information content (AvgIpc) is 3.26. The maximum absolute atomic E-state index is 12.9. The van der Waals surface area contributed by atoms with Crippen molar-refractivity contribution in [2.45, 2.75) is 24.3 Å². The molecule has 32 heavy (non-hydrogen) atoms. The number of Topliss-reactive ketones (excluding diaryl/α,β-unsaturated/α-hetero) is 1. The molecule has 0 aliphatic carbocycles. The Hall–Kier alpha value is -3.59. The van der Waals surface area contributed by atoms with Crippen LogP contribution >= 0.6 is 0 Å². The minimum atomic E-state index is -1.67. The van der Waals surface area contributed by atoms with E-state index in [9.17, 15) is 19.3 Å². The Labute approximate surface area is 187 Å². The van der Waals surface area contributed by atoms with Crippen LogP contribution in [0.3, 0.4) is 0 Å². The van der Waals surface area contributed by atoms with Gasteiger partial charge in [0.05, 0.1) is 10.9 Å². The van der Waals surface area contributed by atoms with Crippen LogP contribution in [0, 0.1) is 6.92 Å². The highest BCUT2D eigenvalue weighted by Gasteiger charge is 2.34. The maximum atomic E-state index is 12.9. The molecule has 10 heteroatoms. The molecule has 0 aromatic heterocycles. The zero-order valence-corrected chi connectivity index (χ0v) is 18.1. The third-order valence-electron chi connectivity index (χ3n) is 4.56. The van der Waals surface area contributed by atoms with Gasteiger partial charge in [-0.3, -0.25) is 4.79 Å². The Bertz CT molecular complexity index is 1110. The highest BCUT2D eigenvalue weighted by Crippen LogP contribution is 2.35. The van der Waals surface area contributed by atoms with Crippen LogP contribution in [0.25, 0.3) is 5.53 Å². The number of carbonyl (C=O) groups is 2. The number of hydrogen-bond donors (Lipinski definition) is 1. The summed E-state index contributed by atoms with van der Waals surface area (Å²) in [4.78, 5) is 28.1. The minimum absolute atomic E-state index is 0.0710. The summed E-state index contributed by atoms with van der Waals surface area (Å²) < 4.78 is 31.3. The van der Waals surface area contributed by atoms with Crippen molar-refractivity contribution in [2.75, 3.05) is 13.4 Å². The van der Waals surface area contributed by atoms with E-state index in [0.29, 0.717) is 22.0 Å². The molecule has 0 saturated carbocycles. The number of carbonyl (C=O) groups excluding carboxylic acids is 2. The van der Waals surface area contributed by atoms with Crippen molar-refractivity contribution in [1.29, 1.82) is 0 Å². The first-order valence-corrected chi connectivity index (χ1v) is 10.8. The number of esters is 1. The van der Waals surface area contributed by atoms with Crippen LogP contribution in [0.1, 0.15) is 23.6 Å². The number of rotatable bonds is 10. The maximum Gasteiger partial charge on any atom is 0.441 e. The van der Waals surface area contributed by atoms with Gasteiger partial charge in [0.2, 0.25) is 6.79 Å². The van der Waals surface area contributed by atoms with Gasteiger partial charge >= 0.3 is 11.7 Å². The molecule has 2 aromatic carbocycles. The van der Waals surface area contributed by atoms with Gasteiger partial charge in [0.25, 0.3) is 5.78 Å². The van der Waals surface area contributed by atoms with Crippen LogP contribution in [0.2, 0.25) is 0 Å². The van der Waals surface area contributed by atoms with Crippen molar-refractivity contribution in [3.8, 4) is 11.5 Å². The van der Waals surface area contributed by atoms with Crippen LogP contribution in [-0.4, -0.2) is 39.9 Å². The summed E-state index contributed by atoms with van der Waals surface area (Å²) in [5, 5.41) is 0. The van der Waals surface area contributed by atoms with Gasteiger partial charge in [0.15, 0.2) is 11.5 Å². The fourth-order valence-corrected chi connectivity index (χ4v) is 3.91. The van der Waals surface area contributed by atoms with Crippen molar-refractivity contribution in [3.05, 3.63) is 71.8 Å². The second kappa shape index (κ2) is 10.6. The molecule has 1 heterocycles. The average molecular weight is 455 g/mol.